The summed E-state index contributed by atoms with van der Waals surface area (Å²) in [5.41, 5.74) is -0.00729. The van der Waals surface area contributed by atoms with Crippen molar-refractivity contribution in [3.63, 3.8) is 0 Å². The second-order valence-corrected chi connectivity index (χ2v) is 5.89. The van der Waals surface area contributed by atoms with E-state index in [9.17, 15) is 22.8 Å². The predicted octanol–water partition coefficient (Wildman–Crippen LogP) is 3.21. The van der Waals surface area contributed by atoms with Gasteiger partial charge in [0.1, 0.15) is 11.5 Å². The van der Waals surface area contributed by atoms with Crippen LogP contribution in [0.5, 0.6) is 11.5 Å². The van der Waals surface area contributed by atoms with E-state index >= 15 is 0 Å². The van der Waals surface area contributed by atoms with Crippen LogP contribution in [0.15, 0.2) is 48.5 Å². The van der Waals surface area contributed by atoms with E-state index in [-0.39, 0.29) is 24.8 Å². The first kappa shape index (κ1) is 21.1. The molecular weight excluding hydrogens is 379 g/mol. The number of carboxylic acid groups (broad SMARTS) is 1. The Morgan fingerprint density at radius 1 is 0.929 bits per heavy atom. The topological polar surface area (TPSA) is 76.1 Å². The van der Waals surface area contributed by atoms with Crippen LogP contribution < -0.4 is 9.47 Å². The van der Waals surface area contributed by atoms with E-state index in [4.69, 9.17) is 14.6 Å². The minimum Gasteiger partial charge on any atom is -0.484 e. The molecule has 0 saturated carbocycles. The van der Waals surface area contributed by atoms with Gasteiger partial charge in [0.25, 0.3) is 5.91 Å². The molecule has 0 unspecified atom stereocenters. The van der Waals surface area contributed by atoms with E-state index in [1.165, 1.54) is 4.90 Å². The Morgan fingerprint density at radius 2 is 1.43 bits per heavy atom. The van der Waals surface area contributed by atoms with Crippen LogP contribution in [0.4, 0.5) is 13.2 Å². The van der Waals surface area contributed by atoms with Crippen molar-refractivity contribution in [1.82, 2.24) is 4.90 Å². The fraction of sp³-hybridized carbons (Fsp3) is 0.263. The van der Waals surface area contributed by atoms with E-state index in [0.29, 0.717) is 5.75 Å². The van der Waals surface area contributed by atoms with E-state index in [2.05, 4.69) is 0 Å². The fourth-order valence-corrected chi connectivity index (χ4v) is 2.19. The number of carbonyl (C=O) groups is 2. The lowest BCUT2D eigenvalue weighted by Gasteiger charge is -2.18. The lowest BCUT2D eigenvalue weighted by molar-refractivity contribution is -0.139. The molecule has 0 aliphatic rings. The number of nitrogens with zero attached hydrogens (tertiary/aromatic N) is 1. The zero-order valence-corrected chi connectivity index (χ0v) is 14.9. The van der Waals surface area contributed by atoms with Crippen LogP contribution in [0.25, 0.3) is 0 Å². The normalized spacial score (nSPS) is 11.0. The molecule has 0 spiro atoms. The highest BCUT2D eigenvalue weighted by atomic mass is 19.4. The highest BCUT2D eigenvalue weighted by Crippen LogP contribution is 2.30. The Morgan fingerprint density at radius 3 is 1.93 bits per heavy atom. The molecule has 0 heterocycles. The summed E-state index contributed by atoms with van der Waals surface area (Å²) >= 11 is 0. The smallest absolute Gasteiger partial charge is 0.416 e. The highest BCUT2D eigenvalue weighted by Gasteiger charge is 2.30. The van der Waals surface area contributed by atoms with E-state index in [1.807, 2.05) is 0 Å². The molecule has 1 N–H and O–H groups in total. The quantitative estimate of drug-likeness (QED) is 0.740. The summed E-state index contributed by atoms with van der Waals surface area (Å²) < 4.78 is 47.8. The van der Waals surface area contributed by atoms with Crippen LogP contribution in [-0.2, 0) is 22.3 Å². The maximum atomic E-state index is 12.5. The number of carboxylic acids is 1. The summed E-state index contributed by atoms with van der Waals surface area (Å²) in [6, 6.07) is 10.7. The Labute approximate surface area is 159 Å². The van der Waals surface area contributed by atoms with Crippen molar-refractivity contribution in [1.29, 1.82) is 0 Å². The third-order valence-corrected chi connectivity index (χ3v) is 3.68. The van der Waals surface area contributed by atoms with Gasteiger partial charge in [0.2, 0.25) is 0 Å². The van der Waals surface area contributed by atoms with Crippen LogP contribution in [0.1, 0.15) is 11.1 Å². The second kappa shape index (κ2) is 9.12. The first-order valence-electron chi connectivity index (χ1n) is 8.12. The fourth-order valence-electron chi connectivity index (χ4n) is 2.19. The zero-order chi connectivity index (χ0) is 20.7. The van der Waals surface area contributed by atoms with Gasteiger partial charge in [0.15, 0.2) is 13.2 Å². The van der Waals surface area contributed by atoms with Gasteiger partial charge in [0.05, 0.1) is 5.56 Å². The van der Waals surface area contributed by atoms with Crippen molar-refractivity contribution in [3.05, 3.63) is 59.7 Å². The number of alkyl halides is 3. The van der Waals surface area contributed by atoms with Gasteiger partial charge in [-0.1, -0.05) is 12.1 Å². The maximum absolute atomic E-state index is 12.5. The number of carbonyl (C=O) groups excluding carboxylic acids is 1. The largest absolute Gasteiger partial charge is 0.484 e. The van der Waals surface area contributed by atoms with Crippen LogP contribution in [0.2, 0.25) is 0 Å². The lowest BCUT2D eigenvalue weighted by Crippen LogP contribution is -2.30. The van der Waals surface area contributed by atoms with Crippen molar-refractivity contribution in [2.45, 2.75) is 12.7 Å². The van der Waals surface area contributed by atoms with Crippen molar-refractivity contribution < 1.29 is 37.3 Å². The van der Waals surface area contributed by atoms with Gasteiger partial charge in [-0.25, -0.2) is 4.79 Å². The average Bonchev–Trinajstić information content (AvgIpc) is 2.65. The molecule has 0 saturated heterocycles. The number of halogens is 3. The summed E-state index contributed by atoms with van der Waals surface area (Å²) in [7, 11) is 1.56. The molecule has 6 nitrogen and oxygen atoms in total. The average molecular weight is 397 g/mol. The molecule has 28 heavy (non-hydrogen) atoms. The number of likely N-dealkylation sites (N-methyl/N-ethyl adjacent to an activating group) is 1. The predicted molar refractivity (Wildman–Crippen MR) is 93.0 cm³/mol. The molecule has 2 rings (SSSR count). The van der Waals surface area contributed by atoms with Crippen LogP contribution in [-0.4, -0.2) is 42.1 Å². The third kappa shape index (κ3) is 6.49. The minimum atomic E-state index is -4.43. The number of amides is 1. The van der Waals surface area contributed by atoms with Crippen molar-refractivity contribution >= 4 is 11.9 Å². The summed E-state index contributed by atoms with van der Waals surface area (Å²) in [5.74, 6) is -0.881. The summed E-state index contributed by atoms with van der Waals surface area (Å²) in [4.78, 5) is 24.0. The number of hydrogen-bond donors (Lipinski definition) is 1. The lowest BCUT2D eigenvalue weighted by atomic mass is 10.2. The maximum Gasteiger partial charge on any atom is 0.416 e. The molecule has 0 aliphatic heterocycles. The Kier molecular flexibility index (Phi) is 6.86. The number of aliphatic carboxylic acids is 1. The van der Waals surface area contributed by atoms with Crippen molar-refractivity contribution in [2.24, 2.45) is 0 Å². The molecule has 2 aromatic rings. The molecule has 150 valence electrons. The van der Waals surface area contributed by atoms with Crippen LogP contribution in [0.3, 0.4) is 0 Å². The SMILES string of the molecule is CN(Cc1ccc(OCC(=O)O)cc1)C(=O)COc1ccc(C(F)(F)F)cc1. The molecule has 0 radical (unpaired) electrons. The molecule has 1 amide bonds. The molecule has 0 fully saturated rings. The third-order valence-electron chi connectivity index (χ3n) is 3.68. The molecule has 9 heteroatoms. The highest BCUT2D eigenvalue weighted by molar-refractivity contribution is 5.77. The monoisotopic (exact) mass is 397 g/mol. The number of hydrogen-bond acceptors (Lipinski definition) is 4. The number of benzene rings is 2. The standard InChI is InChI=1S/C19H18F3NO5/c1-23(10-13-2-6-15(7-3-13)28-12-18(25)26)17(24)11-27-16-8-4-14(5-9-16)19(20,21)22/h2-9H,10-12H2,1H3,(H,25,26). The van der Waals surface area contributed by atoms with Gasteiger partial charge in [-0.05, 0) is 42.0 Å². The summed E-state index contributed by atoms with van der Waals surface area (Å²) in [6.45, 7) is -0.491. The molecule has 0 aromatic heterocycles. The zero-order valence-electron chi connectivity index (χ0n) is 14.9. The van der Waals surface area contributed by atoms with E-state index in [0.717, 1.165) is 29.8 Å². The minimum absolute atomic E-state index is 0.162. The summed E-state index contributed by atoms with van der Waals surface area (Å²) in [6.07, 6.45) is -4.43. The Bertz CT molecular complexity index is 804. The van der Waals surface area contributed by atoms with Gasteiger partial charge < -0.3 is 19.5 Å². The summed E-state index contributed by atoms with van der Waals surface area (Å²) in [5, 5.41) is 8.56. The molecule has 0 atom stereocenters. The molecule has 0 aliphatic carbocycles. The molecular formula is C19H18F3NO5. The van der Waals surface area contributed by atoms with Gasteiger partial charge in [-0.15, -0.1) is 0 Å². The van der Waals surface area contributed by atoms with Gasteiger partial charge in [-0.3, -0.25) is 4.79 Å². The Hall–Kier alpha value is -3.23. The van der Waals surface area contributed by atoms with Crippen molar-refractivity contribution in [2.75, 3.05) is 20.3 Å². The number of ether oxygens (including phenoxy) is 2. The van der Waals surface area contributed by atoms with E-state index in [1.54, 1.807) is 31.3 Å². The molecule has 2 aromatic carbocycles. The van der Waals surface area contributed by atoms with Gasteiger partial charge in [-0.2, -0.15) is 13.2 Å². The first-order valence-corrected chi connectivity index (χ1v) is 8.12. The van der Waals surface area contributed by atoms with Crippen LogP contribution in [0, 0.1) is 0 Å². The van der Waals surface area contributed by atoms with E-state index < -0.39 is 24.3 Å². The van der Waals surface area contributed by atoms with Crippen LogP contribution >= 0.6 is 0 Å². The first-order chi connectivity index (χ1) is 13.1. The second-order valence-electron chi connectivity index (χ2n) is 5.89. The Balaban J connectivity index is 1.83. The number of rotatable bonds is 8. The van der Waals surface area contributed by atoms with Gasteiger partial charge in [0, 0.05) is 13.6 Å². The van der Waals surface area contributed by atoms with Crippen molar-refractivity contribution in [3.8, 4) is 11.5 Å². The molecule has 0 bridgehead atoms. The van der Waals surface area contributed by atoms with Gasteiger partial charge >= 0.3 is 12.1 Å².